The molecule has 1 aliphatic heterocycles. The second kappa shape index (κ2) is 6.52. The lowest BCUT2D eigenvalue weighted by molar-refractivity contribution is -0.238. The summed E-state index contributed by atoms with van der Waals surface area (Å²) in [6.45, 7) is 0. The van der Waals surface area contributed by atoms with E-state index in [1.807, 2.05) is 66.9 Å². The summed E-state index contributed by atoms with van der Waals surface area (Å²) in [6.07, 6.45) is 1.97. The normalized spacial score (nSPS) is 16.8. The van der Waals surface area contributed by atoms with Crippen LogP contribution in [-0.4, -0.2) is 20.4 Å². The van der Waals surface area contributed by atoms with Crippen LogP contribution in [0.5, 0.6) is 0 Å². The summed E-state index contributed by atoms with van der Waals surface area (Å²) in [4.78, 5) is 4.81. The van der Waals surface area contributed by atoms with E-state index < -0.39 is 11.2 Å². The van der Waals surface area contributed by atoms with Gasteiger partial charge in [0.2, 0.25) is 5.79 Å². The molecule has 0 saturated carbocycles. The summed E-state index contributed by atoms with van der Waals surface area (Å²) in [5.74, 6) is -1.03. The standard InChI is InChI=1S/C23H21NO2/c1-25-23(26-2)20-15-9-10-16-21(20)24-17-22(23,18-11-5-3-6-12-18)19-13-7-4-8-14-19/h3-17H,1-2H3. The molecular formula is C23H21NO2. The predicted octanol–water partition coefficient (Wildman–Crippen LogP) is 4.83. The molecule has 130 valence electrons. The van der Waals surface area contributed by atoms with Crippen molar-refractivity contribution in [2.45, 2.75) is 11.2 Å². The third-order valence-corrected chi connectivity index (χ3v) is 5.21. The molecule has 4 rings (SSSR count). The zero-order valence-electron chi connectivity index (χ0n) is 14.9. The molecule has 0 N–H and O–H groups in total. The Labute approximate surface area is 153 Å². The number of fused-ring (bicyclic) bond motifs is 1. The van der Waals surface area contributed by atoms with Gasteiger partial charge in [0.1, 0.15) is 5.41 Å². The van der Waals surface area contributed by atoms with Crippen molar-refractivity contribution in [2.24, 2.45) is 4.99 Å². The molecule has 1 aliphatic rings. The number of aliphatic imine (C=N–C) groups is 1. The highest BCUT2D eigenvalue weighted by atomic mass is 16.7. The molecule has 3 aromatic carbocycles. The Morgan fingerprint density at radius 1 is 0.654 bits per heavy atom. The van der Waals surface area contributed by atoms with Gasteiger partial charge < -0.3 is 9.47 Å². The molecule has 1 heterocycles. The van der Waals surface area contributed by atoms with Crippen LogP contribution in [0.4, 0.5) is 5.69 Å². The molecule has 3 nitrogen and oxygen atoms in total. The molecule has 0 saturated heterocycles. The minimum absolute atomic E-state index is 0.715. The van der Waals surface area contributed by atoms with Gasteiger partial charge in [-0.25, -0.2) is 0 Å². The van der Waals surface area contributed by atoms with Crippen LogP contribution in [0.1, 0.15) is 16.7 Å². The average Bonchev–Trinajstić information content (AvgIpc) is 2.74. The van der Waals surface area contributed by atoms with Crippen molar-refractivity contribution >= 4 is 11.9 Å². The summed E-state index contributed by atoms with van der Waals surface area (Å²) >= 11 is 0. The second-order valence-electron chi connectivity index (χ2n) is 6.34. The van der Waals surface area contributed by atoms with Crippen molar-refractivity contribution in [3.05, 3.63) is 102 Å². The first-order valence-corrected chi connectivity index (χ1v) is 8.64. The summed E-state index contributed by atoms with van der Waals surface area (Å²) < 4.78 is 12.3. The van der Waals surface area contributed by atoms with Gasteiger partial charge in [0.25, 0.3) is 0 Å². The van der Waals surface area contributed by atoms with Gasteiger partial charge in [0.15, 0.2) is 0 Å². The van der Waals surface area contributed by atoms with Crippen molar-refractivity contribution in [1.29, 1.82) is 0 Å². The van der Waals surface area contributed by atoms with Crippen molar-refractivity contribution < 1.29 is 9.47 Å². The largest absolute Gasteiger partial charge is 0.348 e. The summed E-state index contributed by atoms with van der Waals surface area (Å²) in [5.41, 5.74) is 3.19. The summed E-state index contributed by atoms with van der Waals surface area (Å²) in [7, 11) is 3.39. The van der Waals surface area contributed by atoms with Gasteiger partial charge in [-0.2, -0.15) is 0 Å². The van der Waals surface area contributed by atoms with Gasteiger partial charge in [-0.05, 0) is 17.2 Å². The Morgan fingerprint density at radius 3 is 1.69 bits per heavy atom. The smallest absolute Gasteiger partial charge is 0.215 e. The van der Waals surface area contributed by atoms with Gasteiger partial charge in [0, 0.05) is 26.0 Å². The molecule has 0 aromatic heterocycles. The van der Waals surface area contributed by atoms with Crippen LogP contribution in [0, 0.1) is 0 Å². The lowest BCUT2D eigenvalue weighted by Crippen LogP contribution is -2.55. The van der Waals surface area contributed by atoms with Gasteiger partial charge in [0.05, 0.1) is 5.69 Å². The van der Waals surface area contributed by atoms with Crippen molar-refractivity contribution in [3.8, 4) is 0 Å². The van der Waals surface area contributed by atoms with Crippen molar-refractivity contribution in [1.82, 2.24) is 0 Å². The van der Waals surface area contributed by atoms with Crippen LogP contribution in [0.3, 0.4) is 0 Å². The highest BCUT2D eigenvalue weighted by molar-refractivity contribution is 5.87. The van der Waals surface area contributed by atoms with E-state index in [4.69, 9.17) is 14.5 Å². The number of ether oxygens (including phenoxy) is 2. The quantitative estimate of drug-likeness (QED) is 0.635. The molecule has 0 aliphatic carbocycles. The van der Waals surface area contributed by atoms with Crippen LogP contribution >= 0.6 is 0 Å². The molecular weight excluding hydrogens is 322 g/mol. The Bertz CT molecular complexity index is 876. The maximum atomic E-state index is 6.17. The number of rotatable bonds is 4. The van der Waals surface area contributed by atoms with Crippen LogP contribution in [0.25, 0.3) is 0 Å². The van der Waals surface area contributed by atoms with E-state index in [1.54, 1.807) is 14.2 Å². The fourth-order valence-corrected chi connectivity index (χ4v) is 4.05. The zero-order valence-corrected chi connectivity index (χ0v) is 14.9. The Morgan fingerprint density at radius 2 is 1.15 bits per heavy atom. The Hall–Kier alpha value is -2.75. The molecule has 0 amide bonds. The maximum Gasteiger partial charge on any atom is 0.215 e. The fraction of sp³-hybridized carbons (Fsp3) is 0.174. The van der Waals surface area contributed by atoms with E-state index in [0.717, 1.165) is 22.4 Å². The number of benzene rings is 3. The van der Waals surface area contributed by atoms with E-state index in [-0.39, 0.29) is 0 Å². The van der Waals surface area contributed by atoms with Crippen LogP contribution in [0.2, 0.25) is 0 Å². The number of methoxy groups -OCH3 is 2. The predicted molar refractivity (Wildman–Crippen MR) is 104 cm³/mol. The monoisotopic (exact) mass is 343 g/mol. The fourth-order valence-electron chi connectivity index (χ4n) is 4.05. The first kappa shape index (κ1) is 16.7. The number of nitrogens with zero attached hydrogens (tertiary/aromatic N) is 1. The third-order valence-electron chi connectivity index (χ3n) is 5.21. The van der Waals surface area contributed by atoms with Crippen LogP contribution in [0.15, 0.2) is 89.9 Å². The van der Waals surface area contributed by atoms with Gasteiger partial charge >= 0.3 is 0 Å². The maximum absolute atomic E-state index is 6.17. The van der Waals surface area contributed by atoms with Gasteiger partial charge in [-0.1, -0.05) is 78.9 Å². The summed E-state index contributed by atoms with van der Waals surface area (Å²) in [5, 5.41) is 0. The lowest BCUT2D eigenvalue weighted by atomic mass is 9.65. The molecule has 0 unspecified atom stereocenters. The topological polar surface area (TPSA) is 30.8 Å². The average molecular weight is 343 g/mol. The van der Waals surface area contributed by atoms with E-state index in [2.05, 4.69) is 24.3 Å². The minimum Gasteiger partial charge on any atom is -0.348 e. The first-order chi connectivity index (χ1) is 12.8. The lowest BCUT2D eigenvalue weighted by Gasteiger charge is -2.49. The molecule has 3 heteroatoms. The van der Waals surface area contributed by atoms with Crippen molar-refractivity contribution in [3.63, 3.8) is 0 Å². The molecule has 0 bridgehead atoms. The Balaban J connectivity index is 2.12. The van der Waals surface area contributed by atoms with Gasteiger partial charge in [-0.3, -0.25) is 4.99 Å². The summed E-state index contributed by atoms with van der Waals surface area (Å²) in [6, 6.07) is 28.5. The van der Waals surface area contributed by atoms with Crippen molar-refractivity contribution in [2.75, 3.05) is 14.2 Å². The zero-order chi connectivity index (χ0) is 18.0. The highest BCUT2D eigenvalue weighted by Gasteiger charge is 2.58. The van der Waals surface area contributed by atoms with E-state index in [9.17, 15) is 0 Å². The SMILES string of the molecule is COC1(OC)c2ccccc2N=CC1(c1ccccc1)c1ccccc1. The van der Waals surface area contributed by atoms with Gasteiger partial charge in [-0.15, -0.1) is 0 Å². The first-order valence-electron chi connectivity index (χ1n) is 8.64. The molecule has 0 radical (unpaired) electrons. The molecule has 0 fully saturated rings. The minimum atomic E-state index is -1.03. The highest BCUT2D eigenvalue weighted by Crippen LogP contribution is 2.53. The molecule has 0 spiro atoms. The van der Waals surface area contributed by atoms with Crippen LogP contribution in [-0.2, 0) is 20.7 Å². The third kappa shape index (κ3) is 2.18. The van der Waals surface area contributed by atoms with E-state index in [0.29, 0.717) is 0 Å². The molecule has 3 aromatic rings. The van der Waals surface area contributed by atoms with E-state index in [1.165, 1.54) is 0 Å². The second-order valence-corrected chi connectivity index (χ2v) is 6.34. The van der Waals surface area contributed by atoms with E-state index >= 15 is 0 Å². The Kier molecular flexibility index (Phi) is 4.19. The number of para-hydroxylation sites is 1. The van der Waals surface area contributed by atoms with Crippen LogP contribution < -0.4 is 0 Å². The number of hydrogen-bond acceptors (Lipinski definition) is 3. The molecule has 26 heavy (non-hydrogen) atoms. The number of hydrogen-bond donors (Lipinski definition) is 0. The molecule has 0 atom stereocenters.